The highest BCUT2D eigenvalue weighted by atomic mass is 16.3. The van der Waals surface area contributed by atoms with Crippen LogP contribution in [0.1, 0.15) is 37.3 Å². The molecule has 1 aliphatic rings. The van der Waals surface area contributed by atoms with Gasteiger partial charge in [0, 0.05) is 37.9 Å². The van der Waals surface area contributed by atoms with Gasteiger partial charge in [0.05, 0.1) is 0 Å². The van der Waals surface area contributed by atoms with Crippen LogP contribution in [0.2, 0.25) is 0 Å². The van der Waals surface area contributed by atoms with E-state index in [1.807, 2.05) is 17.9 Å². The van der Waals surface area contributed by atoms with Crippen molar-refractivity contribution in [3.05, 3.63) is 41.0 Å². The fourth-order valence-electron chi connectivity index (χ4n) is 3.24. The van der Waals surface area contributed by atoms with Gasteiger partial charge in [-0.25, -0.2) is 0 Å². The van der Waals surface area contributed by atoms with Crippen molar-refractivity contribution in [3.63, 3.8) is 0 Å². The van der Waals surface area contributed by atoms with Crippen LogP contribution in [-0.2, 0) is 4.79 Å². The van der Waals surface area contributed by atoms with Gasteiger partial charge in [-0.3, -0.25) is 4.79 Å². The summed E-state index contributed by atoms with van der Waals surface area (Å²) in [6.07, 6.45) is 4.80. The molecule has 1 amide bonds. The lowest BCUT2D eigenvalue weighted by Crippen LogP contribution is -2.46. The molecule has 0 saturated carbocycles. The minimum absolute atomic E-state index is 0.145. The van der Waals surface area contributed by atoms with Gasteiger partial charge in [0.1, 0.15) is 0 Å². The number of nitrogens with zero attached hydrogens (tertiary/aromatic N) is 2. The van der Waals surface area contributed by atoms with E-state index in [1.165, 1.54) is 5.56 Å². The van der Waals surface area contributed by atoms with E-state index in [0.717, 1.165) is 50.0 Å². The molecule has 0 atom stereocenters. The summed E-state index contributed by atoms with van der Waals surface area (Å²) >= 11 is 0. The molecule has 1 N–H and O–H groups in total. The van der Waals surface area contributed by atoms with Crippen molar-refractivity contribution in [2.75, 3.05) is 33.3 Å². The third kappa shape index (κ3) is 5.18. The summed E-state index contributed by atoms with van der Waals surface area (Å²) in [5.41, 5.74) is 3.10. The second-order valence-corrected chi connectivity index (χ2v) is 6.82. The van der Waals surface area contributed by atoms with Crippen LogP contribution in [0.15, 0.2) is 29.8 Å². The molecule has 4 heteroatoms. The van der Waals surface area contributed by atoms with Gasteiger partial charge in [-0.15, -0.1) is 0 Å². The van der Waals surface area contributed by atoms with Gasteiger partial charge in [0.25, 0.3) is 0 Å². The van der Waals surface area contributed by atoms with Crippen LogP contribution in [0, 0.1) is 6.92 Å². The SMILES string of the molecule is C/C(=C\c1ccc(C)cc1)C(=O)N1CCC(N(C)CCCO)CC1. The highest BCUT2D eigenvalue weighted by Gasteiger charge is 2.25. The van der Waals surface area contributed by atoms with E-state index in [1.54, 1.807) is 0 Å². The Balaban J connectivity index is 1.88. The summed E-state index contributed by atoms with van der Waals surface area (Å²) in [5, 5.41) is 8.94. The summed E-state index contributed by atoms with van der Waals surface area (Å²) in [6.45, 7) is 6.75. The molecule has 0 aliphatic carbocycles. The van der Waals surface area contributed by atoms with E-state index in [9.17, 15) is 4.79 Å². The summed E-state index contributed by atoms with van der Waals surface area (Å²) < 4.78 is 0. The molecule has 1 aromatic rings. The standard InChI is InChI=1S/C20H30N2O2/c1-16-5-7-18(8-6-16)15-17(2)20(24)22-12-9-19(10-13-22)21(3)11-4-14-23/h5-8,15,19,23H,4,9-14H2,1-3H3/b17-15+. The van der Waals surface area contributed by atoms with E-state index >= 15 is 0 Å². The molecule has 1 saturated heterocycles. The Bertz CT molecular complexity index is 558. The van der Waals surface area contributed by atoms with Gasteiger partial charge in [-0.2, -0.15) is 0 Å². The Morgan fingerprint density at radius 2 is 1.92 bits per heavy atom. The molecule has 1 heterocycles. The molecular formula is C20H30N2O2. The lowest BCUT2D eigenvalue weighted by molar-refractivity contribution is -0.128. The van der Waals surface area contributed by atoms with E-state index < -0.39 is 0 Å². The quantitative estimate of drug-likeness (QED) is 0.816. The Morgan fingerprint density at radius 1 is 1.29 bits per heavy atom. The summed E-state index contributed by atoms with van der Waals surface area (Å²) in [5.74, 6) is 0.145. The van der Waals surface area contributed by atoms with E-state index in [2.05, 4.69) is 43.1 Å². The zero-order valence-corrected chi connectivity index (χ0v) is 15.2. The molecule has 0 aromatic heterocycles. The van der Waals surface area contributed by atoms with Crippen LogP contribution < -0.4 is 0 Å². The second kappa shape index (κ2) is 9.00. The van der Waals surface area contributed by atoms with Gasteiger partial charge in [-0.1, -0.05) is 29.8 Å². The van der Waals surface area contributed by atoms with Gasteiger partial charge >= 0.3 is 0 Å². The molecule has 0 radical (unpaired) electrons. The minimum atomic E-state index is 0.145. The van der Waals surface area contributed by atoms with Crippen molar-refractivity contribution in [3.8, 4) is 0 Å². The second-order valence-electron chi connectivity index (χ2n) is 6.82. The first-order valence-electron chi connectivity index (χ1n) is 8.86. The number of aryl methyl sites for hydroxylation is 1. The van der Waals surface area contributed by atoms with Crippen LogP contribution in [0.3, 0.4) is 0 Å². The first-order chi connectivity index (χ1) is 11.5. The molecule has 24 heavy (non-hydrogen) atoms. The third-order valence-corrected chi connectivity index (χ3v) is 4.84. The van der Waals surface area contributed by atoms with Crippen LogP contribution in [0.25, 0.3) is 6.08 Å². The van der Waals surface area contributed by atoms with Crippen molar-refractivity contribution < 1.29 is 9.90 Å². The van der Waals surface area contributed by atoms with Crippen molar-refractivity contribution >= 4 is 12.0 Å². The molecule has 1 aromatic carbocycles. The number of carbonyl (C=O) groups excluding carboxylic acids is 1. The Kier molecular flexibility index (Phi) is 7.00. The van der Waals surface area contributed by atoms with E-state index in [4.69, 9.17) is 5.11 Å². The number of aliphatic hydroxyl groups excluding tert-OH is 1. The summed E-state index contributed by atoms with van der Waals surface area (Å²) in [6, 6.07) is 8.75. The van der Waals surface area contributed by atoms with E-state index in [0.29, 0.717) is 6.04 Å². The molecule has 4 nitrogen and oxygen atoms in total. The number of hydrogen-bond acceptors (Lipinski definition) is 3. The average Bonchev–Trinajstić information content (AvgIpc) is 2.61. The normalized spacial score (nSPS) is 16.7. The van der Waals surface area contributed by atoms with Gasteiger partial charge in [-0.05, 0) is 51.8 Å². The van der Waals surface area contributed by atoms with E-state index in [-0.39, 0.29) is 12.5 Å². The highest BCUT2D eigenvalue weighted by molar-refractivity contribution is 5.97. The fourth-order valence-corrected chi connectivity index (χ4v) is 3.24. The molecule has 0 unspecified atom stereocenters. The van der Waals surface area contributed by atoms with Gasteiger partial charge in [0.15, 0.2) is 0 Å². The number of rotatable bonds is 6. The minimum Gasteiger partial charge on any atom is -0.396 e. The Hall–Kier alpha value is -1.65. The number of piperidine rings is 1. The van der Waals surface area contributed by atoms with Crippen LogP contribution >= 0.6 is 0 Å². The number of benzene rings is 1. The lowest BCUT2D eigenvalue weighted by Gasteiger charge is -2.37. The maximum atomic E-state index is 12.6. The maximum absolute atomic E-state index is 12.6. The molecular weight excluding hydrogens is 300 g/mol. The van der Waals surface area contributed by atoms with Crippen LogP contribution in [0.5, 0.6) is 0 Å². The third-order valence-electron chi connectivity index (χ3n) is 4.84. The molecule has 132 valence electrons. The fraction of sp³-hybridized carbons (Fsp3) is 0.550. The van der Waals surface area contributed by atoms with Crippen LogP contribution in [-0.4, -0.2) is 60.1 Å². The summed E-state index contributed by atoms with van der Waals surface area (Å²) in [4.78, 5) is 16.9. The number of amides is 1. The molecule has 2 rings (SSSR count). The Morgan fingerprint density at radius 3 is 2.50 bits per heavy atom. The maximum Gasteiger partial charge on any atom is 0.249 e. The zero-order valence-electron chi connectivity index (χ0n) is 15.2. The highest BCUT2D eigenvalue weighted by Crippen LogP contribution is 2.18. The Labute approximate surface area is 145 Å². The first-order valence-corrected chi connectivity index (χ1v) is 8.86. The number of hydrogen-bond donors (Lipinski definition) is 1. The monoisotopic (exact) mass is 330 g/mol. The topological polar surface area (TPSA) is 43.8 Å². The molecule has 1 fully saturated rings. The molecule has 0 spiro atoms. The largest absolute Gasteiger partial charge is 0.396 e. The van der Waals surface area contributed by atoms with Crippen LogP contribution in [0.4, 0.5) is 0 Å². The number of carbonyl (C=O) groups is 1. The van der Waals surface area contributed by atoms with Gasteiger partial charge < -0.3 is 14.9 Å². The first kappa shape index (κ1) is 18.7. The number of likely N-dealkylation sites (tertiary alicyclic amines) is 1. The summed E-state index contributed by atoms with van der Waals surface area (Å²) in [7, 11) is 2.11. The van der Waals surface area contributed by atoms with Crippen molar-refractivity contribution in [1.29, 1.82) is 0 Å². The lowest BCUT2D eigenvalue weighted by atomic mass is 10.0. The predicted octanol–water partition coefficient (Wildman–Crippen LogP) is 2.70. The smallest absolute Gasteiger partial charge is 0.249 e. The van der Waals surface area contributed by atoms with Crippen molar-refractivity contribution in [2.45, 2.75) is 39.2 Å². The average molecular weight is 330 g/mol. The van der Waals surface area contributed by atoms with Gasteiger partial charge in [0.2, 0.25) is 5.91 Å². The molecule has 0 bridgehead atoms. The predicted molar refractivity (Wildman–Crippen MR) is 98.8 cm³/mol. The van der Waals surface area contributed by atoms with Crippen molar-refractivity contribution in [1.82, 2.24) is 9.80 Å². The number of aliphatic hydroxyl groups is 1. The molecule has 1 aliphatic heterocycles. The van der Waals surface area contributed by atoms with Crippen molar-refractivity contribution in [2.24, 2.45) is 0 Å². The zero-order chi connectivity index (χ0) is 17.5.